The van der Waals surface area contributed by atoms with Gasteiger partial charge in [-0.05, 0) is 12.5 Å². The molecule has 20 heavy (non-hydrogen) atoms. The van der Waals surface area contributed by atoms with Crippen molar-refractivity contribution < 1.29 is 17.6 Å². The van der Waals surface area contributed by atoms with E-state index < -0.39 is 17.6 Å². The summed E-state index contributed by atoms with van der Waals surface area (Å²) in [7, 11) is 0. The van der Waals surface area contributed by atoms with Crippen molar-refractivity contribution in [3.8, 4) is 0 Å². The summed E-state index contributed by atoms with van der Waals surface area (Å²) in [5, 5.41) is 3.18. The van der Waals surface area contributed by atoms with Crippen molar-refractivity contribution >= 4 is 0 Å². The summed E-state index contributed by atoms with van der Waals surface area (Å²) in [6.45, 7) is 4.85. The quantitative estimate of drug-likeness (QED) is 0.860. The normalized spacial score (nSPS) is 19.1. The summed E-state index contributed by atoms with van der Waals surface area (Å²) >= 11 is 0. The molecule has 1 aromatic carbocycles. The van der Waals surface area contributed by atoms with Crippen LogP contribution in [0, 0.1) is 5.82 Å². The lowest BCUT2D eigenvalue weighted by atomic mass is 9.98. The van der Waals surface area contributed by atoms with Gasteiger partial charge in [0.2, 0.25) is 0 Å². The Morgan fingerprint density at radius 2 is 1.90 bits per heavy atom. The highest BCUT2D eigenvalue weighted by Crippen LogP contribution is 2.36. The highest BCUT2D eigenvalue weighted by molar-refractivity contribution is 5.30. The molecule has 0 radical (unpaired) electrons. The van der Waals surface area contributed by atoms with Gasteiger partial charge in [0, 0.05) is 37.8 Å². The molecule has 6 heteroatoms. The molecule has 112 valence electrons. The lowest BCUT2D eigenvalue weighted by Gasteiger charge is -2.35. The number of hydrogen-bond acceptors (Lipinski definition) is 2. The number of piperazine rings is 1. The fraction of sp³-hybridized carbons (Fsp3) is 0.571. The number of alkyl halides is 3. The first-order valence-corrected chi connectivity index (χ1v) is 6.75. The Bertz CT molecular complexity index is 453. The predicted molar refractivity (Wildman–Crippen MR) is 68.9 cm³/mol. The van der Waals surface area contributed by atoms with Crippen molar-refractivity contribution in [3.05, 3.63) is 35.1 Å². The van der Waals surface area contributed by atoms with Gasteiger partial charge in [-0.25, -0.2) is 4.39 Å². The molecular weight excluding hydrogens is 272 g/mol. The maximum atomic E-state index is 14.2. The van der Waals surface area contributed by atoms with Crippen LogP contribution in [0.3, 0.4) is 0 Å². The molecule has 1 N–H and O–H groups in total. The van der Waals surface area contributed by atoms with Gasteiger partial charge in [0.05, 0.1) is 5.56 Å². The fourth-order valence-electron chi connectivity index (χ4n) is 2.69. The van der Waals surface area contributed by atoms with Gasteiger partial charge in [-0.15, -0.1) is 0 Å². The molecule has 0 aliphatic carbocycles. The summed E-state index contributed by atoms with van der Waals surface area (Å²) < 4.78 is 52.5. The van der Waals surface area contributed by atoms with Crippen molar-refractivity contribution in [2.24, 2.45) is 0 Å². The van der Waals surface area contributed by atoms with Crippen LogP contribution in [0.25, 0.3) is 0 Å². The van der Waals surface area contributed by atoms with Crippen molar-refractivity contribution in [2.45, 2.75) is 25.6 Å². The average molecular weight is 290 g/mol. The second-order valence-corrected chi connectivity index (χ2v) is 4.92. The molecule has 1 atom stereocenters. The second kappa shape index (κ2) is 6.10. The molecule has 0 bridgehead atoms. The highest BCUT2D eigenvalue weighted by atomic mass is 19.4. The summed E-state index contributed by atoms with van der Waals surface area (Å²) in [6, 6.07) is 3.23. The molecular formula is C14H18F4N2. The molecule has 2 nitrogen and oxygen atoms in total. The lowest BCUT2D eigenvalue weighted by molar-refractivity contribution is -0.140. The Hall–Kier alpha value is -1.14. The monoisotopic (exact) mass is 290 g/mol. The van der Waals surface area contributed by atoms with Crippen LogP contribution in [0.1, 0.15) is 30.5 Å². The van der Waals surface area contributed by atoms with Crippen LogP contribution in [0.15, 0.2) is 18.2 Å². The molecule has 1 fully saturated rings. The van der Waals surface area contributed by atoms with Crippen molar-refractivity contribution in [2.75, 3.05) is 26.2 Å². The van der Waals surface area contributed by atoms with E-state index >= 15 is 0 Å². The van der Waals surface area contributed by atoms with Crippen LogP contribution >= 0.6 is 0 Å². The maximum absolute atomic E-state index is 14.2. The fourth-order valence-corrected chi connectivity index (χ4v) is 2.69. The summed E-state index contributed by atoms with van der Waals surface area (Å²) in [6.07, 6.45) is -4.07. The van der Waals surface area contributed by atoms with Crippen molar-refractivity contribution in [3.63, 3.8) is 0 Å². The third-order valence-corrected chi connectivity index (χ3v) is 3.67. The Morgan fingerprint density at radius 3 is 2.45 bits per heavy atom. The molecule has 0 aromatic heterocycles. The van der Waals surface area contributed by atoms with E-state index in [9.17, 15) is 17.6 Å². The minimum atomic E-state index is -4.65. The van der Waals surface area contributed by atoms with Crippen LogP contribution in [-0.2, 0) is 6.18 Å². The van der Waals surface area contributed by atoms with Crippen molar-refractivity contribution in [1.82, 2.24) is 10.2 Å². The second-order valence-electron chi connectivity index (χ2n) is 4.92. The molecule has 0 saturated carbocycles. The third kappa shape index (κ3) is 3.12. The zero-order valence-electron chi connectivity index (χ0n) is 11.3. The van der Waals surface area contributed by atoms with E-state index in [1.165, 1.54) is 12.1 Å². The van der Waals surface area contributed by atoms with Crippen LogP contribution in [0.4, 0.5) is 17.6 Å². The van der Waals surface area contributed by atoms with Gasteiger partial charge >= 0.3 is 6.18 Å². The van der Waals surface area contributed by atoms with Crippen LogP contribution in [0.5, 0.6) is 0 Å². The first-order chi connectivity index (χ1) is 9.45. The topological polar surface area (TPSA) is 15.3 Å². The van der Waals surface area contributed by atoms with Crippen molar-refractivity contribution in [1.29, 1.82) is 0 Å². The predicted octanol–water partition coefficient (Wildman–Crippen LogP) is 3.20. The zero-order valence-corrected chi connectivity index (χ0v) is 11.3. The number of halogens is 4. The maximum Gasteiger partial charge on any atom is 0.419 e. The van der Waals surface area contributed by atoms with Gasteiger partial charge in [-0.1, -0.05) is 19.1 Å². The Kier molecular flexibility index (Phi) is 4.65. The van der Waals surface area contributed by atoms with E-state index in [1.54, 1.807) is 0 Å². The molecule has 0 spiro atoms. The summed E-state index contributed by atoms with van der Waals surface area (Å²) in [5.41, 5.74) is -1.03. The molecule has 1 aromatic rings. The lowest BCUT2D eigenvalue weighted by Crippen LogP contribution is -2.45. The molecule has 0 amide bonds. The Morgan fingerprint density at radius 1 is 1.25 bits per heavy atom. The van der Waals surface area contributed by atoms with Gasteiger partial charge in [-0.2, -0.15) is 13.2 Å². The molecule has 2 rings (SSSR count). The third-order valence-electron chi connectivity index (χ3n) is 3.67. The number of benzene rings is 1. The molecule has 1 aliphatic heterocycles. The molecule has 1 aliphatic rings. The van der Waals surface area contributed by atoms with Gasteiger partial charge in [-0.3, -0.25) is 4.90 Å². The largest absolute Gasteiger partial charge is 0.419 e. The smallest absolute Gasteiger partial charge is 0.314 e. The van der Waals surface area contributed by atoms with E-state index in [0.29, 0.717) is 19.5 Å². The van der Waals surface area contributed by atoms with Crippen LogP contribution < -0.4 is 5.32 Å². The Balaban J connectivity index is 2.34. The summed E-state index contributed by atoms with van der Waals surface area (Å²) in [4.78, 5) is 2.04. The minimum Gasteiger partial charge on any atom is -0.314 e. The highest BCUT2D eigenvalue weighted by Gasteiger charge is 2.36. The van der Waals surface area contributed by atoms with E-state index in [0.717, 1.165) is 19.2 Å². The van der Waals surface area contributed by atoms with Gasteiger partial charge in [0.15, 0.2) is 0 Å². The zero-order chi connectivity index (χ0) is 14.8. The summed E-state index contributed by atoms with van der Waals surface area (Å²) in [5.74, 6) is -1.13. The minimum absolute atomic E-state index is 0.143. The number of rotatable bonds is 3. The average Bonchev–Trinajstić information content (AvgIpc) is 2.41. The van der Waals surface area contributed by atoms with E-state index in [4.69, 9.17) is 0 Å². The van der Waals surface area contributed by atoms with E-state index in [-0.39, 0.29) is 11.6 Å². The van der Waals surface area contributed by atoms with Gasteiger partial charge in [0.1, 0.15) is 5.82 Å². The Labute approximate surface area is 115 Å². The number of nitrogens with zero attached hydrogens (tertiary/aromatic N) is 1. The first kappa shape index (κ1) is 15.3. The van der Waals surface area contributed by atoms with Crippen LogP contribution in [-0.4, -0.2) is 31.1 Å². The number of nitrogens with one attached hydrogen (secondary N) is 1. The van der Waals surface area contributed by atoms with Gasteiger partial charge < -0.3 is 5.32 Å². The van der Waals surface area contributed by atoms with Crippen LogP contribution in [0.2, 0.25) is 0 Å². The van der Waals surface area contributed by atoms with Gasteiger partial charge in [0.25, 0.3) is 0 Å². The SMILES string of the molecule is CC[C@H](c1cccc(C(F)(F)F)c1F)N1CCNCC1. The first-order valence-electron chi connectivity index (χ1n) is 6.75. The van der Waals surface area contributed by atoms with E-state index in [1.807, 2.05) is 11.8 Å². The molecule has 1 heterocycles. The number of hydrogen-bond donors (Lipinski definition) is 1. The standard InChI is InChI=1S/C14H18F4N2/c1-2-12(20-8-6-19-7-9-20)10-4-3-5-11(13(10)15)14(16,17)18/h3-5,12,19H,2,6-9H2,1H3/t12-/m1/s1. The molecule has 1 saturated heterocycles. The molecule has 0 unspecified atom stereocenters. The van der Waals surface area contributed by atoms with E-state index in [2.05, 4.69) is 5.32 Å².